The monoisotopic (exact) mass is 275 g/mol. The smallest absolute Gasteiger partial charge is 0.258 e. The van der Waals surface area contributed by atoms with Crippen molar-refractivity contribution < 1.29 is 14.0 Å². The van der Waals surface area contributed by atoms with Crippen molar-refractivity contribution in [2.45, 2.75) is 6.10 Å². The molecule has 20 heavy (non-hydrogen) atoms. The van der Waals surface area contributed by atoms with E-state index >= 15 is 0 Å². The van der Waals surface area contributed by atoms with E-state index in [0.717, 1.165) is 24.4 Å². The molecule has 6 nitrogen and oxygen atoms in total. The Morgan fingerprint density at radius 2 is 2.10 bits per heavy atom. The first-order valence-corrected chi connectivity index (χ1v) is 6.54. The van der Waals surface area contributed by atoms with Gasteiger partial charge in [-0.15, -0.1) is 0 Å². The number of benzene rings is 1. The molecule has 1 saturated heterocycles. The van der Waals surface area contributed by atoms with Crippen molar-refractivity contribution in [3.63, 3.8) is 0 Å². The topological polar surface area (TPSA) is 60.6 Å². The molecule has 0 spiro atoms. The molecular weight excluding hydrogens is 258 g/mol. The van der Waals surface area contributed by atoms with Crippen molar-refractivity contribution in [3.05, 3.63) is 30.1 Å². The number of nitrogens with zero attached hydrogens (tertiary/aromatic N) is 3. The Hall–Kier alpha value is -1.92. The summed E-state index contributed by atoms with van der Waals surface area (Å²) in [6, 6.07) is 7.52. The lowest BCUT2D eigenvalue weighted by Gasteiger charge is -2.27. The van der Waals surface area contributed by atoms with E-state index < -0.39 is 0 Å². The molecule has 0 amide bonds. The van der Waals surface area contributed by atoms with E-state index in [1.165, 1.54) is 0 Å². The van der Waals surface area contributed by atoms with E-state index in [-0.39, 0.29) is 6.10 Å². The van der Waals surface area contributed by atoms with E-state index in [9.17, 15) is 0 Å². The molecule has 106 valence electrons. The van der Waals surface area contributed by atoms with Gasteiger partial charge in [0.1, 0.15) is 11.9 Å². The standard InChI is InChI=1S/C14H17N3O3/c1-17-7-8-19-12(9-17)13-15-14(20-16-13)10-3-5-11(18-2)6-4-10/h3-6,12H,7-9H2,1-2H3/t12-/m1/s1. The van der Waals surface area contributed by atoms with Crippen LogP contribution in [0.2, 0.25) is 0 Å². The maximum atomic E-state index is 5.67. The van der Waals surface area contributed by atoms with Gasteiger partial charge < -0.3 is 18.9 Å². The fraction of sp³-hybridized carbons (Fsp3) is 0.429. The van der Waals surface area contributed by atoms with Crippen LogP contribution < -0.4 is 4.74 Å². The van der Waals surface area contributed by atoms with Crippen LogP contribution in [0.4, 0.5) is 0 Å². The number of rotatable bonds is 3. The van der Waals surface area contributed by atoms with Gasteiger partial charge in [0.15, 0.2) is 0 Å². The largest absolute Gasteiger partial charge is 0.497 e. The van der Waals surface area contributed by atoms with Gasteiger partial charge in [0, 0.05) is 18.7 Å². The first kappa shape index (κ1) is 13.1. The molecule has 1 aliphatic rings. The van der Waals surface area contributed by atoms with Crippen LogP contribution >= 0.6 is 0 Å². The van der Waals surface area contributed by atoms with Crippen LogP contribution in [-0.4, -0.2) is 48.9 Å². The van der Waals surface area contributed by atoms with E-state index in [0.29, 0.717) is 18.3 Å². The van der Waals surface area contributed by atoms with Gasteiger partial charge in [-0.05, 0) is 31.3 Å². The number of ether oxygens (including phenoxy) is 2. The van der Waals surface area contributed by atoms with Crippen LogP contribution in [0.1, 0.15) is 11.9 Å². The van der Waals surface area contributed by atoms with Crippen molar-refractivity contribution in [2.75, 3.05) is 33.9 Å². The Morgan fingerprint density at radius 3 is 2.80 bits per heavy atom. The predicted octanol–water partition coefficient (Wildman–Crippen LogP) is 1.75. The maximum Gasteiger partial charge on any atom is 0.258 e. The minimum absolute atomic E-state index is 0.121. The molecule has 0 aliphatic carbocycles. The normalized spacial score (nSPS) is 20.0. The zero-order valence-electron chi connectivity index (χ0n) is 11.6. The van der Waals surface area contributed by atoms with E-state index in [1.54, 1.807) is 7.11 Å². The molecule has 2 heterocycles. The first-order valence-electron chi connectivity index (χ1n) is 6.54. The fourth-order valence-electron chi connectivity index (χ4n) is 2.15. The lowest BCUT2D eigenvalue weighted by Crippen LogP contribution is -2.35. The third kappa shape index (κ3) is 2.66. The highest BCUT2D eigenvalue weighted by atomic mass is 16.5. The summed E-state index contributed by atoms with van der Waals surface area (Å²) in [7, 11) is 3.69. The molecule has 0 saturated carbocycles. The van der Waals surface area contributed by atoms with Gasteiger partial charge in [0.05, 0.1) is 13.7 Å². The van der Waals surface area contributed by atoms with Crippen molar-refractivity contribution >= 4 is 0 Å². The molecule has 0 radical (unpaired) electrons. The van der Waals surface area contributed by atoms with Crippen LogP contribution in [0.5, 0.6) is 5.75 Å². The molecule has 3 rings (SSSR count). The Balaban J connectivity index is 1.78. The van der Waals surface area contributed by atoms with Crippen molar-refractivity contribution in [1.29, 1.82) is 0 Å². The second-order valence-electron chi connectivity index (χ2n) is 4.81. The summed E-state index contributed by atoms with van der Waals surface area (Å²) in [5.41, 5.74) is 0.869. The summed E-state index contributed by atoms with van der Waals surface area (Å²) in [6.45, 7) is 2.40. The highest BCUT2D eigenvalue weighted by molar-refractivity contribution is 5.54. The lowest BCUT2D eigenvalue weighted by atomic mass is 10.2. The number of hydrogen-bond acceptors (Lipinski definition) is 6. The average Bonchev–Trinajstić information content (AvgIpc) is 2.97. The van der Waals surface area contributed by atoms with Gasteiger partial charge in [-0.25, -0.2) is 0 Å². The summed E-state index contributed by atoms with van der Waals surface area (Å²) >= 11 is 0. The SMILES string of the molecule is COc1ccc(-c2nc([C@H]3CN(C)CCO3)no2)cc1. The number of morpholine rings is 1. The number of likely N-dealkylation sites (N-methyl/N-ethyl adjacent to an activating group) is 1. The molecular formula is C14H17N3O3. The summed E-state index contributed by atoms with van der Waals surface area (Å²) in [5, 5.41) is 4.02. The molecule has 1 fully saturated rings. The van der Waals surface area contributed by atoms with E-state index in [4.69, 9.17) is 14.0 Å². The third-order valence-corrected chi connectivity index (χ3v) is 3.34. The highest BCUT2D eigenvalue weighted by Gasteiger charge is 2.24. The number of hydrogen-bond donors (Lipinski definition) is 0. The summed E-state index contributed by atoms with van der Waals surface area (Å²) in [4.78, 5) is 6.62. The van der Waals surface area contributed by atoms with Crippen LogP contribution in [0, 0.1) is 0 Å². The molecule has 2 aromatic rings. The van der Waals surface area contributed by atoms with Crippen molar-refractivity contribution in [2.24, 2.45) is 0 Å². The van der Waals surface area contributed by atoms with Crippen LogP contribution in [0.25, 0.3) is 11.5 Å². The first-order chi connectivity index (χ1) is 9.76. The molecule has 1 atom stereocenters. The lowest BCUT2D eigenvalue weighted by molar-refractivity contribution is -0.0264. The molecule has 1 aromatic heterocycles. The van der Waals surface area contributed by atoms with Crippen LogP contribution in [0.3, 0.4) is 0 Å². The summed E-state index contributed by atoms with van der Waals surface area (Å²) in [6.07, 6.45) is -0.121. The van der Waals surface area contributed by atoms with E-state index in [2.05, 4.69) is 22.1 Å². The zero-order chi connectivity index (χ0) is 13.9. The Kier molecular flexibility index (Phi) is 3.66. The molecule has 1 aromatic carbocycles. The minimum Gasteiger partial charge on any atom is -0.497 e. The van der Waals surface area contributed by atoms with Crippen molar-refractivity contribution in [3.8, 4) is 17.2 Å². The van der Waals surface area contributed by atoms with E-state index in [1.807, 2.05) is 24.3 Å². The predicted molar refractivity (Wildman–Crippen MR) is 72.5 cm³/mol. The van der Waals surface area contributed by atoms with Gasteiger partial charge in [-0.3, -0.25) is 0 Å². The maximum absolute atomic E-state index is 5.67. The van der Waals surface area contributed by atoms with Crippen LogP contribution in [-0.2, 0) is 4.74 Å². The van der Waals surface area contributed by atoms with Gasteiger partial charge in [-0.1, -0.05) is 5.16 Å². The Bertz CT molecular complexity index is 567. The molecule has 0 bridgehead atoms. The van der Waals surface area contributed by atoms with Gasteiger partial charge in [0.2, 0.25) is 5.82 Å². The quantitative estimate of drug-likeness (QED) is 0.850. The number of methoxy groups -OCH3 is 1. The zero-order valence-corrected chi connectivity index (χ0v) is 11.6. The second kappa shape index (κ2) is 5.60. The van der Waals surface area contributed by atoms with Gasteiger partial charge >= 0.3 is 0 Å². The Labute approximate surface area is 117 Å². The number of aromatic nitrogens is 2. The fourth-order valence-corrected chi connectivity index (χ4v) is 2.15. The second-order valence-corrected chi connectivity index (χ2v) is 4.81. The average molecular weight is 275 g/mol. The minimum atomic E-state index is -0.121. The summed E-state index contributed by atoms with van der Waals surface area (Å²) < 4.78 is 16.1. The molecule has 0 N–H and O–H groups in total. The van der Waals surface area contributed by atoms with Gasteiger partial charge in [0.25, 0.3) is 5.89 Å². The van der Waals surface area contributed by atoms with Crippen LogP contribution in [0.15, 0.2) is 28.8 Å². The Morgan fingerprint density at radius 1 is 1.30 bits per heavy atom. The van der Waals surface area contributed by atoms with Gasteiger partial charge in [-0.2, -0.15) is 4.98 Å². The third-order valence-electron chi connectivity index (χ3n) is 3.34. The van der Waals surface area contributed by atoms with Crippen molar-refractivity contribution in [1.82, 2.24) is 15.0 Å². The molecule has 6 heteroatoms. The molecule has 0 unspecified atom stereocenters. The highest BCUT2D eigenvalue weighted by Crippen LogP contribution is 2.24. The molecule has 1 aliphatic heterocycles. The summed E-state index contributed by atoms with van der Waals surface area (Å²) in [5.74, 6) is 1.90.